The highest BCUT2D eigenvalue weighted by Crippen LogP contribution is 2.19. The number of aromatic nitrogens is 1. The van der Waals surface area contributed by atoms with Crippen molar-refractivity contribution in [2.45, 2.75) is 26.4 Å². The molecule has 0 atom stereocenters. The first kappa shape index (κ1) is 17.5. The fourth-order valence-corrected chi connectivity index (χ4v) is 3.71. The summed E-state index contributed by atoms with van der Waals surface area (Å²) in [5, 5.41) is 2.96. The number of amides is 2. The summed E-state index contributed by atoms with van der Waals surface area (Å²) in [7, 11) is 0. The van der Waals surface area contributed by atoms with Crippen LogP contribution in [0.2, 0.25) is 0 Å². The number of aromatic amines is 1. The third kappa shape index (κ3) is 4.85. The Kier molecular flexibility index (Phi) is 5.75. The number of nitrogens with one attached hydrogen (secondary N) is 2. The molecule has 0 saturated carbocycles. The Hall–Kier alpha value is -2.28. The number of H-pyrrole nitrogens is 1. The first-order valence-electron chi connectivity index (χ1n) is 8.50. The van der Waals surface area contributed by atoms with E-state index >= 15 is 0 Å². The zero-order chi connectivity index (χ0) is 17.6. The molecule has 2 aromatic rings. The van der Waals surface area contributed by atoms with Crippen molar-refractivity contribution in [1.82, 2.24) is 15.2 Å². The molecule has 6 nitrogen and oxygen atoms in total. The minimum atomic E-state index is -0.249. The second-order valence-corrected chi connectivity index (χ2v) is 7.68. The van der Waals surface area contributed by atoms with Gasteiger partial charge in [-0.05, 0) is 43.9 Å². The summed E-state index contributed by atoms with van der Waals surface area (Å²) in [6.07, 6.45) is 4.92. The quantitative estimate of drug-likeness (QED) is 0.859. The van der Waals surface area contributed by atoms with E-state index in [0.717, 1.165) is 17.7 Å². The van der Waals surface area contributed by atoms with Gasteiger partial charge in [-0.25, -0.2) is 4.79 Å². The smallest absolute Gasteiger partial charge is 0.410 e. The number of piperidine rings is 1. The van der Waals surface area contributed by atoms with E-state index in [1.54, 1.807) is 34.7 Å². The molecule has 2 aromatic heterocycles. The maximum atomic E-state index is 12.1. The third-order valence-corrected chi connectivity index (χ3v) is 5.39. The number of hydrogen-bond donors (Lipinski definition) is 2. The van der Waals surface area contributed by atoms with Crippen molar-refractivity contribution in [1.29, 1.82) is 0 Å². The molecule has 0 spiro atoms. The Labute approximate surface area is 151 Å². The molecule has 1 fully saturated rings. The maximum Gasteiger partial charge on any atom is 0.410 e. The van der Waals surface area contributed by atoms with Crippen LogP contribution in [0.15, 0.2) is 30.6 Å². The van der Waals surface area contributed by atoms with Crippen LogP contribution in [0.1, 0.15) is 33.0 Å². The van der Waals surface area contributed by atoms with Gasteiger partial charge in [0.05, 0.1) is 5.56 Å². The van der Waals surface area contributed by atoms with Gasteiger partial charge in [-0.15, -0.1) is 11.3 Å². The van der Waals surface area contributed by atoms with E-state index in [9.17, 15) is 9.59 Å². The number of thiophene rings is 1. The van der Waals surface area contributed by atoms with Crippen molar-refractivity contribution in [2.75, 3.05) is 19.6 Å². The highest BCUT2D eigenvalue weighted by atomic mass is 32.1. The minimum Gasteiger partial charge on any atom is -0.444 e. The number of carbonyl (C=O) groups excluding carboxylic acids is 2. The van der Waals surface area contributed by atoms with Gasteiger partial charge >= 0.3 is 6.09 Å². The van der Waals surface area contributed by atoms with Crippen molar-refractivity contribution >= 4 is 23.3 Å². The highest BCUT2D eigenvalue weighted by Gasteiger charge is 2.24. The lowest BCUT2D eigenvalue weighted by Gasteiger charge is -2.31. The van der Waals surface area contributed by atoms with Crippen LogP contribution in [-0.2, 0) is 11.3 Å². The predicted octanol–water partition coefficient (Wildman–Crippen LogP) is 3.16. The van der Waals surface area contributed by atoms with E-state index in [1.165, 1.54) is 4.88 Å². The lowest BCUT2D eigenvalue weighted by molar-refractivity contribution is 0.0807. The van der Waals surface area contributed by atoms with Crippen molar-refractivity contribution in [3.63, 3.8) is 0 Å². The summed E-state index contributed by atoms with van der Waals surface area (Å²) in [6, 6.07) is 5.77. The molecule has 1 aliphatic heterocycles. The van der Waals surface area contributed by atoms with Crippen LogP contribution in [-0.4, -0.2) is 41.5 Å². The zero-order valence-corrected chi connectivity index (χ0v) is 15.1. The molecule has 134 valence electrons. The van der Waals surface area contributed by atoms with Crippen molar-refractivity contribution in [3.8, 4) is 0 Å². The molecule has 0 aliphatic carbocycles. The fourth-order valence-electron chi connectivity index (χ4n) is 2.91. The van der Waals surface area contributed by atoms with Crippen LogP contribution in [0.25, 0.3) is 0 Å². The third-order valence-electron chi connectivity index (χ3n) is 4.42. The average molecular weight is 361 g/mol. The molecule has 1 saturated heterocycles. The Morgan fingerprint density at radius 1 is 1.32 bits per heavy atom. The Morgan fingerprint density at radius 3 is 2.76 bits per heavy atom. The van der Waals surface area contributed by atoms with Gasteiger partial charge < -0.3 is 19.9 Å². The van der Waals surface area contributed by atoms with Gasteiger partial charge in [-0.2, -0.15) is 0 Å². The summed E-state index contributed by atoms with van der Waals surface area (Å²) in [5.74, 6) is 0.334. The van der Waals surface area contributed by atoms with Crippen LogP contribution in [0.5, 0.6) is 0 Å². The monoisotopic (exact) mass is 361 g/mol. The lowest BCUT2D eigenvalue weighted by atomic mass is 9.97. The summed E-state index contributed by atoms with van der Waals surface area (Å²) in [5.41, 5.74) is 0.643. The summed E-state index contributed by atoms with van der Waals surface area (Å²) in [4.78, 5) is 31.0. The average Bonchev–Trinajstić information content (AvgIpc) is 3.30. The van der Waals surface area contributed by atoms with Crippen LogP contribution >= 0.6 is 11.3 Å². The number of nitrogens with zero attached hydrogens (tertiary/aromatic N) is 1. The molecule has 25 heavy (non-hydrogen) atoms. The minimum absolute atomic E-state index is 0.0608. The number of likely N-dealkylation sites (tertiary alicyclic amines) is 1. The van der Waals surface area contributed by atoms with E-state index in [4.69, 9.17) is 4.74 Å². The first-order valence-corrected chi connectivity index (χ1v) is 9.31. The fraction of sp³-hybridized carbons (Fsp3) is 0.444. The van der Waals surface area contributed by atoms with E-state index in [0.29, 0.717) is 37.7 Å². The number of ether oxygens (including phenoxy) is 1. The molecule has 1 aliphatic rings. The van der Waals surface area contributed by atoms with Gasteiger partial charge in [0.2, 0.25) is 0 Å². The molecule has 7 heteroatoms. The second-order valence-electron chi connectivity index (χ2n) is 6.31. The van der Waals surface area contributed by atoms with E-state index < -0.39 is 0 Å². The topological polar surface area (TPSA) is 74.4 Å². The van der Waals surface area contributed by atoms with Gasteiger partial charge in [0, 0.05) is 41.8 Å². The Balaban J connectivity index is 1.36. The Morgan fingerprint density at radius 2 is 2.12 bits per heavy atom. The summed E-state index contributed by atoms with van der Waals surface area (Å²) in [6.45, 7) is 4.36. The Bertz CT molecular complexity index is 703. The van der Waals surface area contributed by atoms with Gasteiger partial charge in [-0.1, -0.05) is 0 Å². The van der Waals surface area contributed by atoms with Crippen LogP contribution < -0.4 is 5.32 Å². The summed E-state index contributed by atoms with van der Waals surface area (Å²) < 4.78 is 5.39. The lowest BCUT2D eigenvalue weighted by Crippen LogP contribution is -2.41. The van der Waals surface area contributed by atoms with E-state index in [2.05, 4.69) is 10.3 Å². The molecule has 0 bridgehead atoms. The van der Waals surface area contributed by atoms with Crippen molar-refractivity contribution in [2.24, 2.45) is 5.92 Å². The van der Waals surface area contributed by atoms with Crippen LogP contribution in [0.4, 0.5) is 4.79 Å². The zero-order valence-electron chi connectivity index (χ0n) is 14.3. The molecule has 3 heterocycles. The second kappa shape index (κ2) is 8.20. The summed E-state index contributed by atoms with van der Waals surface area (Å²) >= 11 is 1.65. The van der Waals surface area contributed by atoms with Crippen LogP contribution in [0.3, 0.4) is 0 Å². The highest BCUT2D eigenvalue weighted by molar-refractivity contribution is 7.11. The number of rotatable bonds is 5. The molecule has 0 unspecified atom stereocenters. The normalized spacial score (nSPS) is 15.2. The molecule has 3 rings (SSSR count). The molecule has 2 amide bonds. The van der Waals surface area contributed by atoms with Gasteiger partial charge in [-0.3, -0.25) is 4.79 Å². The largest absolute Gasteiger partial charge is 0.444 e. The van der Waals surface area contributed by atoms with E-state index in [1.807, 2.05) is 19.1 Å². The number of hydrogen-bond acceptors (Lipinski definition) is 4. The van der Waals surface area contributed by atoms with Crippen molar-refractivity contribution < 1.29 is 14.3 Å². The van der Waals surface area contributed by atoms with Gasteiger partial charge in [0.15, 0.2) is 0 Å². The predicted molar refractivity (Wildman–Crippen MR) is 96.7 cm³/mol. The van der Waals surface area contributed by atoms with Gasteiger partial charge in [0.25, 0.3) is 5.91 Å². The number of carbonyl (C=O) groups is 2. The SMILES string of the molecule is Cc1ccc(COC(=O)N2CCC(CNC(=O)c3cc[nH]c3)CC2)s1. The molecular weight excluding hydrogens is 338 g/mol. The van der Waals surface area contributed by atoms with Gasteiger partial charge in [0.1, 0.15) is 6.61 Å². The maximum absolute atomic E-state index is 12.1. The standard InChI is InChI=1S/C18H23N3O3S/c1-13-2-3-16(25-13)12-24-18(23)21-8-5-14(6-9-21)10-20-17(22)15-4-7-19-11-15/h2-4,7,11,14,19H,5-6,8-10,12H2,1H3,(H,20,22). The first-order chi connectivity index (χ1) is 12.1. The van der Waals surface area contributed by atoms with Crippen molar-refractivity contribution in [3.05, 3.63) is 45.9 Å². The molecule has 0 radical (unpaired) electrons. The molecular formula is C18H23N3O3S. The van der Waals surface area contributed by atoms with Crippen LogP contribution in [0, 0.1) is 12.8 Å². The number of aryl methyl sites for hydroxylation is 1. The van der Waals surface area contributed by atoms with E-state index in [-0.39, 0.29) is 12.0 Å². The molecule has 0 aromatic carbocycles. The molecule has 2 N–H and O–H groups in total.